The third-order valence-corrected chi connectivity index (χ3v) is 1.98. The second-order valence-corrected chi connectivity index (χ2v) is 3.49. The van der Waals surface area contributed by atoms with Gasteiger partial charge in [-0.3, -0.25) is 0 Å². The lowest BCUT2D eigenvalue weighted by molar-refractivity contribution is 0.104. The smallest absolute Gasteiger partial charge is 0.409 e. The number of allylic oxidation sites excluding steroid dienone is 1. The van der Waals surface area contributed by atoms with Gasteiger partial charge in [0.05, 0.1) is 6.61 Å². The number of hydrogen-bond donors (Lipinski definition) is 0. The Morgan fingerprint density at radius 2 is 2.07 bits per heavy atom. The molecule has 0 aliphatic carbocycles. The summed E-state index contributed by atoms with van der Waals surface area (Å²) in [6.45, 7) is 6.46. The van der Waals surface area contributed by atoms with Gasteiger partial charge >= 0.3 is 6.09 Å². The average Bonchev–Trinajstić information content (AvgIpc) is 2.16. The van der Waals surface area contributed by atoms with Crippen molar-refractivity contribution in [2.75, 3.05) is 13.7 Å². The number of carbonyl (C=O) groups is 1. The molecule has 0 saturated carbocycles. The van der Waals surface area contributed by atoms with Gasteiger partial charge in [0.25, 0.3) is 0 Å². The second-order valence-electron chi connectivity index (χ2n) is 3.49. The van der Waals surface area contributed by atoms with Crippen LogP contribution in [0, 0.1) is 0 Å². The van der Waals surface area contributed by atoms with Crippen molar-refractivity contribution in [3.63, 3.8) is 0 Å². The molecule has 0 aliphatic rings. The summed E-state index contributed by atoms with van der Waals surface area (Å²) in [6, 6.07) is 0.189. The van der Waals surface area contributed by atoms with E-state index in [0.717, 1.165) is 12.8 Å². The molecule has 0 aliphatic heterocycles. The fourth-order valence-electron chi connectivity index (χ4n) is 0.811. The van der Waals surface area contributed by atoms with E-state index in [2.05, 4.69) is 13.0 Å². The van der Waals surface area contributed by atoms with E-state index >= 15 is 0 Å². The van der Waals surface area contributed by atoms with E-state index in [1.807, 2.05) is 19.9 Å². The van der Waals surface area contributed by atoms with Gasteiger partial charge in [-0.05, 0) is 26.7 Å². The Labute approximate surface area is 86.7 Å². The molecule has 0 aromatic rings. The van der Waals surface area contributed by atoms with Crippen molar-refractivity contribution in [3.8, 4) is 0 Å². The van der Waals surface area contributed by atoms with Crippen molar-refractivity contribution in [3.05, 3.63) is 12.2 Å². The summed E-state index contributed by atoms with van der Waals surface area (Å²) in [5, 5.41) is 0. The molecule has 0 heterocycles. The zero-order chi connectivity index (χ0) is 11.0. The summed E-state index contributed by atoms with van der Waals surface area (Å²) in [5.41, 5.74) is 0. The maximum Gasteiger partial charge on any atom is 0.409 e. The summed E-state index contributed by atoms with van der Waals surface area (Å²) in [4.78, 5) is 12.9. The minimum absolute atomic E-state index is 0.189. The van der Waals surface area contributed by atoms with Crippen molar-refractivity contribution in [1.29, 1.82) is 0 Å². The quantitative estimate of drug-likeness (QED) is 0.503. The molecular formula is C11H21NO2. The Kier molecular flexibility index (Phi) is 6.89. The number of nitrogens with zero attached hydrogens (tertiary/aromatic N) is 1. The van der Waals surface area contributed by atoms with Gasteiger partial charge in [0, 0.05) is 13.1 Å². The largest absolute Gasteiger partial charge is 0.449 e. The van der Waals surface area contributed by atoms with E-state index in [1.165, 1.54) is 0 Å². The molecule has 0 saturated heterocycles. The van der Waals surface area contributed by atoms with Gasteiger partial charge in [0.15, 0.2) is 0 Å². The van der Waals surface area contributed by atoms with Crippen LogP contribution in [0.1, 0.15) is 33.6 Å². The normalized spacial score (nSPS) is 10.9. The van der Waals surface area contributed by atoms with Gasteiger partial charge < -0.3 is 9.64 Å². The molecule has 3 heteroatoms. The Balaban J connectivity index is 3.59. The molecule has 82 valence electrons. The molecule has 14 heavy (non-hydrogen) atoms. The number of carbonyl (C=O) groups excluding carboxylic acids is 1. The number of rotatable bonds is 5. The fraction of sp³-hybridized carbons (Fsp3) is 0.727. The van der Waals surface area contributed by atoms with Crippen molar-refractivity contribution < 1.29 is 9.53 Å². The minimum Gasteiger partial charge on any atom is -0.449 e. The molecule has 0 fully saturated rings. The first-order valence-electron chi connectivity index (χ1n) is 5.14. The molecule has 0 N–H and O–H groups in total. The molecule has 0 spiro atoms. The predicted molar refractivity (Wildman–Crippen MR) is 58.3 cm³/mol. The van der Waals surface area contributed by atoms with Gasteiger partial charge in [-0.15, -0.1) is 0 Å². The van der Waals surface area contributed by atoms with Gasteiger partial charge in [0.2, 0.25) is 0 Å². The van der Waals surface area contributed by atoms with Crippen molar-refractivity contribution in [2.45, 2.75) is 39.7 Å². The third-order valence-electron chi connectivity index (χ3n) is 1.98. The summed E-state index contributed by atoms with van der Waals surface area (Å²) in [7, 11) is 1.74. The van der Waals surface area contributed by atoms with Gasteiger partial charge in [-0.25, -0.2) is 4.79 Å². The fourth-order valence-corrected chi connectivity index (χ4v) is 0.811. The first-order valence-corrected chi connectivity index (χ1v) is 5.14. The Morgan fingerprint density at radius 3 is 2.57 bits per heavy atom. The minimum atomic E-state index is -0.245. The Hall–Kier alpha value is -0.990. The SMILES string of the molecule is CCC=CCCOC(=O)N(C)C(C)C. The van der Waals surface area contributed by atoms with Crippen LogP contribution >= 0.6 is 0 Å². The van der Waals surface area contributed by atoms with Crippen LogP contribution in [0.25, 0.3) is 0 Å². The predicted octanol–water partition coefficient (Wildman–Crippen LogP) is 2.82. The van der Waals surface area contributed by atoms with E-state index in [-0.39, 0.29) is 12.1 Å². The molecule has 0 atom stereocenters. The maximum atomic E-state index is 11.3. The molecule has 1 amide bonds. The van der Waals surface area contributed by atoms with Crippen LogP contribution in [0.2, 0.25) is 0 Å². The van der Waals surface area contributed by atoms with Crippen LogP contribution in [0.4, 0.5) is 4.79 Å². The molecule has 0 radical (unpaired) electrons. The number of ether oxygens (including phenoxy) is 1. The number of amides is 1. The lowest BCUT2D eigenvalue weighted by Gasteiger charge is -2.20. The zero-order valence-corrected chi connectivity index (χ0v) is 9.62. The van der Waals surface area contributed by atoms with E-state index in [0.29, 0.717) is 6.61 Å². The monoisotopic (exact) mass is 199 g/mol. The van der Waals surface area contributed by atoms with E-state index in [4.69, 9.17) is 4.74 Å². The van der Waals surface area contributed by atoms with Crippen LogP contribution in [-0.2, 0) is 4.74 Å². The molecular weight excluding hydrogens is 178 g/mol. The second kappa shape index (κ2) is 7.42. The van der Waals surface area contributed by atoms with Crippen molar-refractivity contribution >= 4 is 6.09 Å². The van der Waals surface area contributed by atoms with Gasteiger partial charge in [-0.1, -0.05) is 19.1 Å². The molecule has 0 aromatic heterocycles. The summed E-state index contributed by atoms with van der Waals surface area (Å²) >= 11 is 0. The van der Waals surface area contributed by atoms with Crippen LogP contribution in [0.5, 0.6) is 0 Å². The summed E-state index contributed by atoms with van der Waals surface area (Å²) in [6.07, 6.45) is 5.68. The van der Waals surface area contributed by atoms with E-state index in [1.54, 1.807) is 11.9 Å². The van der Waals surface area contributed by atoms with E-state index in [9.17, 15) is 4.79 Å². The van der Waals surface area contributed by atoms with Crippen LogP contribution < -0.4 is 0 Å². The molecule has 0 bridgehead atoms. The van der Waals surface area contributed by atoms with Crippen LogP contribution in [0.3, 0.4) is 0 Å². The Morgan fingerprint density at radius 1 is 1.43 bits per heavy atom. The van der Waals surface area contributed by atoms with Gasteiger partial charge in [0.1, 0.15) is 0 Å². The standard InChI is InChI=1S/C11H21NO2/c1-5-6-7-8-9-14-11(13)12(4)10(2)3/h6-7,10H,5,8-9H2,1-4H3. The summed E-state index contributed by atoms with van der Waals surface area (Å²) < 4.78 is 5.05. The molecule has 3 nitrogen and oxygen atoms in total. The van der Waals surface area contributed by atoms with Crippen LogP contribution in [0.15, 0.2) is 12.2 Å². The van der Waals surface area contributed by atoms with Gasteiger partial charge in [-0.2, -0.15) is 0 Å². The van der Waals surface area contributed by atoms with E-state index < -0.39 is 0 Å². The first-order chi connectivity index (χ1) is 6.59. The topological polar surface area (TPSA) is 29.5 Å². The van der Waals surface area contributed by atoms with Crippen LogP contribution in [-0.4, -0.2) is 30.7 Å². The lowest BCUT2D eigenvalue weighted by Crippen LogP contribution is -2.33. The number of hydrogen-bond acceptors (Lipinski definition) is 2. The highest BCUT2D eigenvalue weighted by atomic mass is 16.6. The highest BCUT2D eigenvalue weighted by molar-refractivity contribution is 5.67. The zero-order valence-electron chi connectivity index (χ0n) is 9.62. The summed E-state index contributed by atoms with van der Waals surface area (Å²) in [5.74, 6) is 0. The highest BCUT2D eigenvalue weighted by Crippen LogP contribution is 1.98. The lowest BCUT2D eigenvalue weighted by atomic mass is 10.3. The molecule has 0 aromatic carbocycles. The Bertz CT molecular complexity index is 188. The maximum absolute atomic E-state index is 11.3. The highest BCUT2D eigenvalue weighted by Gasteiger charge is 2.11. The molecule has 0 unspecified atom stereocenters. The van der Waals surface area contributed by atoms with Crippen molar-refractivity contribution in [1.82, 2.24) is 4.90 Å². The molecule has 0 rings (SSSR count). The van der Waals surface area contributed by atoms with Crippen molar-refractivity contribution in [2.24, 2.45) is 0 Å². The third kappa shape index (κ3) is 5.62. The first kappa shape index (κ1) is 13.0. The average molecular weight is 199 g/mol.